The SMILES string of the molecule is CC[C@@H](C(=O)NC(C)C)N(Cc1ccccc1Cl)C(=O)CCCN(c1cccc(C)c1)S(C)(=O)=O. The summed E-state index contributed by atoms with van der Waals surface area (Å²) in [5.74, 6) is -0.450. The number of rotatable bonds is 12. The van der Waals surface area contributed by atoms with Crippen LogP contribution in [0.15, 0.2) is 48.5 Å². The summed E-state index contributed by atoms with van der Waals surface area (Å²) in [5, 5.41) is 3.42. The van der Waals surface area contributed by atoms with E-state index in [2.05, 4.69) is 5.32 Å². The molecule has 192 valence electrons. The van der Waals surface area contributed by atoms with Crippen molar-refractivity contribution in [2.75, 3.05) is 17.1 Å². The number of amides is 2. The minimum atomic E-state index is -3.53. The molecule has 7 nitrogen and oxygen atoms in total. The van der Waals surface area contributed by atoms with E-state index in [1.165, 1.54) is 4.31 Å². The Morgan fingerprint density at radius 2 is 1.77 bits per heavy atom. The van der Waals surface area contributed by atoms with Crippen molar-refractivity contribution in [3.8, 4) is 0 Å². The summed E-state index contributed by atoms with van der Waals surface area (Å²) < 4.78 is 26.2. The van der Waals surface area contributed by atoms with Gasteiger partial charge in [0.05, 0.1) is 11.9 Å². The number of hydrogen-bond acceptors (Lipinski definition) is 4. The van der Waals surface area contributed by atoms with E-state index in [1.54, 1.807) is 29.2 Å². The predicted octanol–water partition coefficient (Wildman–Crippen LogP) is 4.53. The van der Waals surface area contributed by atoms with E-state index < -0.39 is 16.1 Å². The second-order valence-corrected chi connectivity index (χ2v) is 11.3. The van der Waals surface area contributed by atoms with Crippen LogP contribution in [-0.4, -0.2) is 50.0 Å². The van der Waals surface area contributed by atoms with E-state index >= 15 is 0 Å². The van der Waals surface area contributed by atoms with Gasteiger partial charge in [0.2, 0.25) is 21.8 Å². The molecule has 2 aromatic carbocycles. The molecule has 1 atom stereocenters. The summed E-state index contributed by atoms with van der Waals surface area (Å²) in [4.78, 5) is 27.9. The fourth-order valence-electron chi connectivity index (χ4n) is 3.90. The van der Waals surface area contributed by atoms with Crippen molar-refractivity contribution in [2.45, 2.75) is 65.6 Å². The molecule has 35 heavy (non-hydrogen) atoms. The number of nitrogens with one attached hydrogen (secondary N) is 1. The highest BCUT2D eigenvalue weighted by Crippen LogP contribution is 2.22. The lowest BCUT2D eigenvalue weighted by Crippen LogP contribution is -2.50. The van der Waals surface area contributed by atoms with Crippen LogP contribution in [0.5, 0.6) is 0 Å². The van der Waals surface area contributed by atoms with Gasteiger partial charge in [-0.05, 0) is 62.9 Å². The van der Waals surface area contributed by atoms with Crippen LogP contribution in [0.3, 0.4) is 0 Å². The van der Waals surface area contributed by atoms with Gasteiger partial charge in [-0.15, -0.1) is 0 Å². The zero-order valence-corrected chi connectivity index (χ0v) is 22.7. The maximum atomic E-state index is 13.4. The molecule has 0 saturated carbocycles. The highest BCUT2D eigenvalue weighted by atomic mass is 35.5. The van der Waals surface area contributed by atoms with Gasteiger partial charge >= 0.3 is 0 Å². The number of aryl methyl sites for hydroxylation is 1. The smallest absolute Gasteiger partial charge is 0.243 e. The first kappa shape index (κ1) is 28.7. The third-order valence-electron chi connectivity index (χ3n) is 5.56. The number of sulfonamides is 1. The molecule has 0 heterocycles. The molecule has 0 spiro atoms. The highest BCUT2D eigenvalue weighted by molar-refractivity contribution is 7.92. The van der Waals surface area contributed by atoms with Crippen molar-refractivity contribution in [2.24, 2.45) is 0 Å². The number of halogens is 1. The standard InChI is InChI=1S/C26H36ClN3O4S/c1-6-24(26(32)28-19(2)3)29(18-21-12-7-8-14-23(21)27)25(31)15-10-16-30(35(5,33)34)22-13-9-11-20(4)17-22/h7-9,11-14,17,19,24H,6,10,15-16,18H2,1-5H3,(H,28,32)/t24-/m0/s1. The lowest BCUT2D eigenvalue weighted by Gasteiger charge is -2.32. The first-order chi connectivity index (χ1) is 16.4. The fraction of sp³-hybridized carbons (Fsp3) is 0.462. The van der Waals surface area contributed by atoms with Crippen molar-refractivity contribution >= 4 is 39.1 Å². The second-order valence-electron chi connectivity index (χ2n) is 8.98. The van der Waals surface area contributed by atoms with E-state index in [1.807, 2.05) is 52.0 Å². The van der Waals surface area contributed by atoms with Crippen LogP contribution in [0, 0.1) is 6.92 Å². The van der Waals surface area contributed by atoms with E-state index in [4.69, 9.17) is 11.6 Å². The molecule has 0 aliphatic rings. The number of carbonyl (C=O) groups is 2. The summed E-state index contributed by atoms with van der Waals surface area (Å²) >= 11 is 6.35. The van der Waals surface area contributed by atoms with Gasteiger partial charge in [-0.2, -0.15) is 0 Å². The lowest BCUT2D eigenvalue weighted by atomic mass is 10.1. The van der Waals surface area contributed by atoms with E-state index in [9.17, 15) is 18.0 Å². The third kappa shape index (κ3) is 8.54. The maximum Gasteiger partial charge on any atom is 0.243 e. The molecule has 0 radical (unpaired) electrons. The zero-order chi connectivity index (χ0) is 26.2. The van der Waals surface area contributed by atoms with Crippen molar-refractivity contribution in [1.29, 1.82) is 0 Å². The summed E-state index contributed by atoms with van der Waals surface area (Å²) in [7, 11) is -3.53. The number of nitrogens with zero attached hydrogens (tertiary/aromatic N) is 2. The number of carbonyl (C=O) groups excluding carboxylic acids is 2. The Morgan fingerprint density at radius 1 is 1.09 bits per heavy atom. The van der Waals surface area contributed by atoms with Crippen molar-refractivity contribution in [3.05, 3.63) is 64.7 Å². The Hall–Kier alpha value is -2.58. The summed E-state index contributed by atoms with van der Waals surface area (Å²) in [6.07, 6.45) is 1.99. The van der Waals surface area contributed by atoms with Crippen LogP contribution >= 0.6 is 11.6 Å². The second kappa shape index (κ2) is 12.9. The van der Waals surface area contributed by atoms with Crippen LogP contribution in [-0.2, 0) is 26.2 Å². The first-order valence-electron chi connectivity index (χ1n) is 11.8. The van der Waals surface area contributed by atoms with Gasteiger partial charge in [0.15, 0.2) is 0 Å². The largest absolute Gasteiger partial charge is 0.352 e. The van der Waals surface area contributed by atoms with Gasteiger partial charge in [0.25, 0.3) is 0 Å². The molecule has 0 aromatic heterocycles. The predicted molar refractivity (Wildman–Crippen MR) is 142 cm³/mol. The summed E-state index contributed by atoms with van der Waals surface area (Å²) in [6, 6.07) is 13.7. The molecule has 0 bridgehead atoms. The van der Waals surface area contributed by atoms with Gasteiger partial charge < -0.3 is 10.2 Å². The average molecular weight is 522 g/mol. The van der Waals surface area contributed by atoms with Crippen LogP contribution in [0.1, 0.15) is 51.2 Å². The molecule has 1 N–H and O–H groups in total. The fourth-order valence-corrected chi connectivity index (χ4v) is 5.05. The quantitative estimate of drug-likeness (QED) is 0.444. The Morgan fingerprint density at radius 3 is 2.34 bits per heavy atom. The lowest BCUT2D eigenvalue weighted by molar-refractivity contribution is -0.141. The van der Waals surface area contributed by atoms with Crippen molar-refractivity contribution in [3.63, 3.8) is 0 Å². The Balaban J connectivity index is 2.23. The molecule has 2 amide bonds. The summed E-state index contributed by atoms with van der Waals surface area (Å²) in [5.41, 5.74) is 2.26. The van der Waals surface area contributed by atoms with Gasteiger partial charge in [-0.1, -0.05) is 48.9 Å². The van der Waals surface area contributed by atoms with Gasteiger partial charge in [-0.25, -0.2) is 8.42 Å². The average Bonchev–Trinajstić information content (AvgIpc) is 2.76. The number of benzene rings is 2. The minimum Gasteiger partial charge on any atom is -0.352 e. The molecule has 0 unspecified atom stereocenters. The van der Waals surface area contributed by atoms with Crippen LogP contribution < -0.4 is 9.62 Å². The molecule has 0 saturated heterocycles. The zero-order valence-electron chi connectivity index (χ0n) is 21.1. The van der Waals surface area contributed by atoms with Gasteiger partial charge in [0.1, 0.15) is 6.04 Å². The summed E-state index contributed by atoms with van der Waals surface area (Å²) in [6.45, 7) is 7.85. The Labute approximate surface area is 214 Å². The Kier molecular flexibility index (Phi) is 10.6. The molecule has 9 heteroatoms. The molecule has 2 rings (SSSR count). The van der Waals surface area contributed by atoms with Gasteiger partial charge in [0, 0.05) is 30.6 Å². The minimum absolute atomic E-state index is 0.0635. The number of hydrogen-bond donors (Lipinski definition) is 1. The van der Waals surface area contributed by atoms with Crippen LogP contribution in [0.4, 0.5) is 5.69 Å². The topological polar surface area (TPSA) is 86.8 Å². The van der Waals surface area contributed by atoms with E-state index in [0.717, 1.165) is 17.4 Å². The van der Waals surface area contributed by atoms with Crippen LogP contribution in [0.2, 0.25) is 5.02 Å². The monoisotopic (exact) mass is 521 g/mol. The molecule has 0 fully saturated rings. The van der Waals surface area contributed by atoms with Crippen molar-refractivity contribution in [1.82, 2.24) is 10.2 Å². The van der Waals surface area contributed by atoms with Gasteiger partial charge in [-0.3, -0.25) is 13.9 Å². The molecular formula is C26H36ClN3O4S. The third-order valence-corrected chi connectivity index (χ3v) is 7.12. The van der Waals surface area contributed by atoms with E-state index in [0.29, 0.717) is 23.6 Å². The number of anilines is 1. The molecule has 2 aromatic rings. The van der Waals surface area contributed by atoms with Crippen LogP contribution in [0.25, 0.3) is 0 Å². The molecule has 0 aliphatic heterocycles. The first-order valence-corrected chi connectivity index (χ1v) is 14.0. The van der Waals surface area contributed by atoms with Crippen molar-refractivity contribution < 1.29 is 18.0 Å². The highest BCUT2D eigenvalue weighted by Gasteiger charge is 2.29. The normalized spacial score (nSPS) is 12.3. The maximum absolute atomic E-state index is 13.4. The Bertz CT molecular complexity index is 1120. The molecular weight excluding hydrogens is 486 g/mol. The van der Waals surface area contributed by atoms with E-state index in [-0.39, 0.29) is 37.4 Å². The molecule has 0 aliphatic carbocycles.